The first kappa shape index (κ1) is 16.8. The lowest BCUT2D eigenvalue weighted by Gasteiger charge is -2.20. The standard InChI is InChI=1S/C23H18Br2/c24-20-10-6-16(7-11-20)19-14-22(17-4-2-1-3-5-17)23(15-19)18-8-12-21(25)13-9-18/h1-14,22-23H,15H2/t22-,23-/m0/s1. The van der Waals surface area contributed by atoms with Crippen molar-refractivity contribution in [3.05, 3.63) is 111 Å². The quantitative estimate of drug-likeness (QED) is 0.383. The normalized spacial score (nSPS) is 19.7. The zero-order valence-electron chi connectivity index (χ0n) is 13.7. The zero-order valence-corrected chi connectivity index (χ0v) is 16.9. The van der Waals surface area contributed by atoms with Crippen LogP contribution in [0, 0.1) is 0 Å². The fourth-order valence-corrected chi connectivity index (χ4v) is 4.21. The van der Waals surface area contributed by atoms with Gasteiger partial charge in [-0.3, -0.25) is 0 Å². The van der Waals surface area contributed by atoms with Crippen molar-refractivity contribution >= 4 is 37.4 Å². The third-order valence-electron chi connectivity index (χ3n) is 4.95. The molecule has 1 aliphatic carbocycles. The second-order valence-electron chi connectivity index (χ2n) is 6.50. The van der Waals surface area contributed by atoms with Crippen LogP contribution in [0.2, 0.25) is 0 Å². The van der Waals surface area contributed by atoms with Crippen LogP contribution in [0.25, 0.3) is 5.57 Å². The van der Waals surface area contributed by atoms with Crippen LogP contribution in [0.15, 0.2) is 93.9 Å². The molecule has 0 saturated heterocycles. The van der Waals surface area contributed by atoms with Gasteiger partial charge in [-0.15, -0.1) is 0 Å². The molecule has 0 N–H and O–H groups in total. The lowest BCUT2D eigenvalue weighted by molar-refractivity contribution is 0.668. The Kier molecular flexibility index (Phi) is 4.91. The van der Waals surface area contributed by atoms with Gasteiger partial charge in [0.15, 0.2) is 0 Å². The van der Waals surface area contributed by atoms with Crippen molar-refractivity contribution in [2.75, 3.05) is 0 Å². The van der Waals surface area contributed by atoms with Crippen molar-refractivity contribution in [1.82, 2.24) is 0 Å². The molecule has 0 spiro atoms. The molecule has 0 bridgehead atoms. The maximum Gasteiger partial charge on any atom is 0.0175 e. The largest absolute Gasteiger partial charge is 0.0725 e. The molecule has 2 heteroatoms. The van der Waals surface area contributed by atoms with Crippen molar-refractivity contribution in [3.8, 4) is 0 Å². The van der Waals surface area contributed by atoms with Gasteiger partial charge < -0.3 is 0 Å². The summed E-state index contributed by atoms with van der Waals surface area (Å²) in [6.07, 6.45) is 3.54. The molecule has 0 radical (unpaired) electrons. The summed E-state index contributed by atoms with van der Waals surface area (Å²) in [7, 11) is 0. The molecule has 1 aliphatic rings. The number of benzene rings is 3. The molecule has 0 nitrogen and oxygen atoms in total. The molecule has 0 aromatic heterocycles. The molecule has 0 fully saturated rings. The van der Waals surface area contributed by atoms with Crippen LogP contribution in [0.3, 0.4) is 0 Å². The molecule has 2 atom stereocenters. The van der Waals surface area contributed by atoms with E-state index in [2.05, 4.69) is 117 Å². The third kappa shape index (κ3) is 3.65. The summed E-state index contributed by atoms with van der Waals surface area (Å²) in [6.45, 7) is 0. The van der Waals surface area contributed by atoms with Gasteiger partial charge in [-0.1, -0.05) is 92.5 Å². The Balaban J connectivity index is 1.73. The molecule has 0 heterocycles. The highest BCUT2D eigenvalue weighted by Crippen LogP contribution is 2.47. The summed E-state index contributed by atoms with van der Waals surface area (Å²) in [5.41, 5.74) is 5.56. The minimum absolute atomic E-state index is 0.418. The maximum atomic E-state index is 3.55. The van der Waals surface area contributed by atoms with Gasteiger partial charge in [0, 0.05) is 14.9 Å². The van der Waals surface area contributed by atoms with E-state index in [0.717, 1.165) is 15.4 Å². The molecule has 3 aromatic rings. The van der Waals surface area contributed by atoms with Crippen LogP contribution in [0.5, 0.6) is 0 Å². The van der Waals surface area contributed by atoms with Crippen molar-refractivity contribution in [2.45, 2.75) is 18.3 Å². The van der Waals surface area contributed by atoms with Crippen LogP contribution >= 0.6 is 31.9 Å². The molecular weight excluding hydrogens is 436 g/mol. The van der Waals surface area contributed by atoms with Crippen molar-refractivity contribution in [1.29, 1.82) is 0 Å². The lowest BCUT2D eigenvalue weighted by atomic mass is 9.83. The van der Waals surface area contributed by atoms with E-state index >= 15 is 0 Å². The number of rotatable bonds is 3. The minimum atomic E-state index is 0.418. The highest BCUT2D eigenvalue weighted by Gasteiger charge is 2.30. The van der Waals surface area contributed by atoms with Gasteiger partial charge in [-0.25, -0.2) is 0 Å². The van der Waals surface area contributed by atoms with Crippen LogP contribution in [0.1, 0.15) is 34.9 Å². The fraction of sp³-hybridized carbons (Fsp3) is 0.130. The zero-order chi connectivity index (χ0) is 17.2. The summed E-state index contributed by atoms with van der Waals surface area (Å²) in [6, 6.07) is 28.3. The predicted octanol–water partition coefficient (Wildman–Crippen LogP) is 7.57. The SMILES string of the molecule is Brc1ccc(C2=C[C@@H](c3ccccc3)[C@H](c3ccc(Br)cc3)C2)cc1. The molecular formula is C23H18Br2. The van der Waals surface area contributed by atoms with Crippen molar-refractivity contribution < 1.29 is 0 Å². The molecule has 0 amide bonds. The Morgan fingerprint density at radius 1 is 0.640 bits per heavy atom. The number of allylic oxidation sites excluding steroid dienone is 2. The van der Waals surface area contributed by atoms with Gasteiger partial charge >= 0.3 is 0 Å². The first-order valence-electron chi connectivity index (χ1n) is 8.48. The van der Waals surface area contributed by atoms with Gasteiger partial charge in [-0.2, -0.15) is 0 Å². The summed E-state index contributed by atoms with van der Waals surface area (Å²) < 4.78 is 2.26. The monoisotopic (exact) mass is 452 g/mol. The third-order valence-corrected chi connectivity index (χ3v) is 6.01. The molecule has 0 saturated carbocycles. The Morgan fingerprint density at radius 3 is 1.88 bits per heavy atom. The Morgan fingerprint density at radius 2 is 1.24 bits per heavy atom. The first-order valence-corrected chi connectivity index (χ1v) is 10.1. The van der Waals surface area contributed by atoms with Gasteiger partial charge in [-0.05, 0) is 58.9 Å². The lowest BCUT2D eigenvalue weighted by Crippen LogP contribution is -2.05. The van der Waals surface area contributed by atoms with Gasteiger partial charge in [0.1, 0.15) is 0 Å². The summed E-state index contributed by atoms with van der Waals surface area (Å²) in [5.74, 6) is 0.898. The van der Waals surface area contributed by atoms with E-state index in [1.54, 1.807) is 0 Å². The van der Waals surface area contributed by atoms with Gasteiger partial charge in [0.05, 0.1) is 0 Å². The van der Waals surface area contributed by atoms with E-state index in [1.165, 1.54) is 22.3 Å². The Labute approximate surface area is 165 Å². The smallest absolute Gasteiger partial charge is 0.0175 e. The molecule has 0 unspecified atom stereocenters. The Hall–Kier alpha value is -1.64. The predicted molar refractivity (Wildman–Crippen MR) is 113 cm³/mol. The van der Waals surface area contributed by atoms with E-state index in [4.69, 9.17) is 0 Å². The fourth-order valence-electron chi connectivity index (χ4n) is 3.68. The summed E-state index contributed by atoms with van der Waals surface area (Å²) in [4.78, 5) is 0. The number of halogens is 2. The van der Waals surface area contributed by atoms with Crippen molar-refractivity contribution in [3.63, 3.8) is 0 Å². The second kappa shape index (κ2) is 7.31. The number of hydrogen-bond acceptors (Lipinski definition) is 0. The highest BCUT2D eigenvalue weighted by molar-refractivity contribution is 9.10. The van der Waals surface area contributed by atoms with Gasteiger partial charge in [0.25, 0.3) is 0 Å². The highest BCUT2D eigenvalue weighted by atomic mass is 79.9. The van der Waals surface area contributed by atoms with E-state index in [9.17, 15) is 0 Å². The first-order chi connectivity index (χ1) is 12.2. The van der Waals surface area contributed by atoms with E-state index in [0.29, 0.717) is 11.8 Å². The summed E-state index contributed by atoms with van der Waals surface area (Å²) in [5, 5.41) is 0. The molecule has 4 rings (SSSR count). The van der Waals surface area contributed by atoms with Crippen LogP contribution in [0.4, 0.5) is 0 Å². The van der Waals surface area contributed by atoms with Crippen LogP contribution < -0.4 is 0 Å². The maximum absolute atomic E-state index is 3.55. The molecule has 25 heavy (non-hydrogen) atoms. The second-order valence-corrected chi connectivity index (χ2v) is 8.33. The van der Waals surface area contributed by atoms with Crippen LogP contribution in [-0.4, -0.2) is 0 Å². The number of hydrogen-bond donors (Lipinski definition) is 0. The van der Waals surface area contributed by atoms with E-state index in [1.807, 2.05) is 0 Å². The topological polar surface area (TPSA) is 0 Å². The molecule has 124 valence electrons. The van der Waals surface area contributed by atoms with E-state index in [-0.39, 0.29) is 0 Å². The van der Waals surface area contributed by atoms with Crippen molar-refractivity contribution in [2.24, 2.45) is 0 Å². The minimum Gasteiger partial charge on any atom is -0.0725 e. The van der Waals surface area contributed by atoms with E-state index < -0.39 is 0 Å². The molecule has 3 aromatic carbocycles. The summed E-state index contributed by atoms with van der Waals surface area (Å²) >= 11 is 7.09. The average Bonchev–Trinajstić information content (AvgIpc) is 3.09. The Bertz CT molecular complexity index is 878. The van der Waals surface area contributed by atoms with Gasteiger partial charge in [0.2, 0.25) is 0 Å². The average molecular weight is 454 g/mol. The van der Waals surface area contributed by atoms with Crippen LogP contribution in [-0.2, 0) is 0 Å². The molecule has 0 aliphatic heterocycles.